The van der Waals surface area contributed by atoms with Crippen LogP contribution >= 0.6 is 0 Å². The van der Waals surface area contributed by atoms with Crippen molar-refractivity contribution in [3.05, 3.63) is 82.9 Å². The van der Waals surface area contributed by atoms with Crippen LogP contribution in [0.25, 0.3) is 0 Å². The van der Waals surface area contributed by atoms with E-state index >= 15 is 0 Å². The van der Waals surface area contributed by atoms with Gasteiger partial charge in [0.2, 0.25) is 0 Å². The van der Waals surface area contributed by atoms with Gasteiger partial charge in [-0.1, -0.05) is 0 Å². The minimum absolute atomic E-state index is 0.0942. The number of hydrogen-bond donors (Lipinski definition) is 2. The van der Waals surface area contributed by atoms with E-state index < -0.39 is 46.2 Å². The third kappa shape index (κ3) is 4.48. The van der Waals surface area contributed by atoms with Gasteiger partial charge in [-0.3, -0.25) is 9.59 Å². The number of carbonyl (C=O) groups is 2. The van der Waals surface area contributed by atoms with Crippen LogP contribution in [-0.2, 0) is 0 Å². The van der Waals surface area contributed by atoms with E-state index in [4.69, 9.17) is 9.47 Å². The van der Waals surface area contributed by atoms with Crippen LogP contribution in [0.4, 0.5) is 28.9 Å². The Morgan fingerprint density at radius 1 is 0.594 bits per heavy atom. The highest BCUT2D eigenvalue weighted by Crippen LogP contribution is 2.27. The van der Waals surface area contributed by atoms with Crippen molar-refractivity contribution in [2.45, 2.75) is 0 Å². The molecule has 3 aromatic carbocycles. The third-order valence-corrected chi connectivity index (χ3v) is 4.41. The maximum absolute atomic E-state index is 14.5. The topological polar surface area (TPSA) is 76.7 Å². The molecule has 166 valence electrons. The number of benzene rings is 3. The Morgan fingerprint density at radius 3 is 1.12 bits per heavy atom. The molecule has 0 radical (unpaired) electrons. The Balaban J connectivity index is 1.90. The van der Waals surface area contributed by atoms with Crippen LogP contribution in [0, 0.1) is 23.3 Å². The molecule has 0 aliphatic heterocycles. The van der Waals surface area contributed by atoms with E-state index in [0.717, 1.165) is 0 Å². The van der Waals surface area contributed by atoms with Gasteiger partial charge in [-0.05, 0) is 48.5 Å². The Kier molecular flexibility index (Phi) is 6.62. The van der Waals surface area contributed by atoms with Crippen LogP contribution in [0.5, 0.6) is 11.5 Å². The van der Waals surface area contributed by atoms with Gasteiger partial charge < -0.3 is 20.1 Å². The molecule has 0 unspecified atom stereocenters. The summed E-state index contributed by atoms with van der Waals surface area (Å²) in [6.07, 6.45) is 0. The normalized spacial score (nSPS) is 10.4. The van der Waals surface area contributed by atoms with Gasteiger partial charge >= 0.3 is 0 Å². The highest BCUT2D eigenvalue weighted by atomic mass is 19.2. The average molecular weight is 448 g/mol. The molecule has 32 heavy (non-hydrogen) atoms. The molecule has 2 N–H and O–H groups in total. The molecule has 10 heteroatoms. The summed E-state index contributed by atoms with van der Waals surface area (Å²) < 4.78 is 67.9. The summed E-state index contributed by atoms with van der Waals surface area (Å²) in [5.74, 6) is -10.0. The second kappa shape index (κ2) is 9.38. The first-order valence-electron chi connectivity index (χ1n) is 9.03. The summed E-state index contributed by atoms with van der Waals surface area (Å²) in [5, 5.41) is 4.25. The summed E-state index contributed by atoms with van der Waals surface area (Å²) in [6.45, 7) is 0. The number of nitrogens with one attached hydrogen (secondary N) is 2. The highest BCUT2D eigenvalue weighted by Gasteiger charge is 2.32. The van der Waals surface area contributed by atoms with E-state index in [2.05, 4.69) is 10.6 Å². The van der Waals surface area contributed by atoms with Crippen molar-refractivity contribution < 1.29 is 36.6 Å². The molecule has 0 bridgehead atoms. The Morgan fingerprint density at radius 2 is 0.875 bits per heavy atom. The smallest absolute Gasteiger partial charge is 0.261 e. The molecule has 0 aliphatic rings. The van der Waals surface area contributed by atoms with Crippen molar-refractivity contribution in [2.24, 2.45) is 0 Å². The second-order valence-corrected chi connectivity index (χ2v) is 6.37. The van der Waals surface area contributed by atoms with Gasteiger partial charge in [0.1, 0.15) is 22.6 Å². The second-order valence-electron chi connectivity index (χ2n) is 6.37. The lowest BCUT2D eigenvalue weighted by atomic mass is 10.1. The molecular weight excluding hydrogens is 432 g/mol. The number of hydrogen-bond acceptors (Lipinski definition) is 4. The first-order chi connectivity index (χ1) is 15.3. The Hall–Kier alpha value is -4.08. The lowest BCUT2D eigenvalue weighted by molar-refractivity contribution is 0.0993. The predicted molar refractivity (Wildman–Crippen MR) is 108 cm³/mol. The third-order valence-electron chi connectivity index (χ3n) is 4.41. The predicted octanol–water partition coefficient (Wildman–Crippen LogP) is 4.76. The van der Waals surface area contributed by atoms with E-state index in [9.17, 15) is 27.2 Å². The van der Waals surface area contributed by atoms with Crippen LogP contribution in [0.1, 0.15) is 20.7 Å². The molecule has 0 fully saturated rings. The number of anilines is 2. The number of amides is 2. The fourth-order valence-corrected chi connectivity index (χ4v) is 2.77. The van der Waals surface area contributed by atoms with E-state index in [-0.39, 0.29) is 11.4 Å². The lowest BCUT2D eigenvalue weighted by Crippen LogP contribution is -2.23. The van der Waals surface area contributed by atoms with Crippen LogP contribution in [0.3, 0.4) is 0 Å². The van der Waals surface area contributed by atoms with Crippen LogP contribution in [0.15, 0.2) is 48.5 Å². The molecule has 0 atom stereocenters. The molecule has 0 spiro atoms. The lowest BCUT2D eigenvalue weighted by Gasteiger charge is -2.13. The van der Waals surface area contributed by atoms with E-state index in [0.29, 0.717) is 11.5 Å². The van der Waals surface area contributed by atoms with Gasteiger partial charge in [-0.15, -0.1) is 0 Å². The van der Waals surface area contributed by atoms with Crippen molar-refractivity contribution in [1.29, 1.82) is 0 Å². The maximum Gasteiger partial charge on any atom is 0.261 e. The minimum atomic E-state index is -2.00. The van der Waals surface area contributed by atoms with Gasteiger partial charge in [-0.2, -0.15) is 0 Å². The molecular formula is C22H16F4N2O4. The standard InChI is InChI=1S/C22H16F4N2O4/c1-31-13-7-3-11(4-8-13)27-21(29)15-17(23)19(25)16(20(26)18(15)24)22(30)28-12-5-9-14(32-2)10-6-12/h3-10H,1-2H3,(H,27,29)(H,28,30). The molecule has 3 rings (SSSR count). The quantitative estimate of drug-likeness (QED) is 0.421. The van der Waals surface area contributed by atoms with E-state index in [1.54, 1.807) is 0 Å². The summed E-state index contributed by atoms with van der Waals surface area (Å²) in [7, 11) is 2.83. The zero-order chi connectivity index (χ0) is 23.4. The van der Waals surface area contributed by atoms with Crippen molar-refractivity contribution in [3.8, 4) is 11.5 Å². The number of rotatable bonds is 6. The van der Waals surface area contributed by atoms with Gasteiger partial charge in [0.05, 0.1) is 14.2 Å². The maximum atomic E-state index is 14.5. The summed E-state index contributed by atoms with van der Waals surface area (Å²) in [4.78, 5) is 24.6. The van der Waals surface area contributed by atoms with Crippen LogP contribution < -0.4 is 20.1 Å². The fourth-order valence-electron chi connectivity index (χ4n) is 2.77. The molecule has 0 aliphatic carbocycles. The largest absolute Gasteiger partial charge is 0.497 e. The van der Waals surface area contributed by atoms with Crippen LogP contribution in [-0.4, -0.2) is 26.0 Å². The Labute approximate surface area is 179 Å². The first-order valence-corrected chi connectivity index (χ1v) is 9.03. The zero-order valence-corrected chi connectivity index (χ0v) is 16.8. The van der Waals surface area contributed by atoms with Gasteiger partial charge in [0.15, 0.2) is 23.3 Å². The SMILES string of the molecule is COc1ccc(NC(=O)c2c(F)c(F)c(C(=O)Nc3ccc(OC)cc3)c(F)c2F)cc1. The highest BCUT2D eigenvalue weighted by molar-refractivity contribution is 6.08. The van der Waals surface area contributed by atoms with E-state index in [1.165, 1.54) is 62.8 Å². The molecule has 0 saturated carbocycles. The number of halogens is 4. The molecule has 0 saturated heterocycles. The fraction of sp³-hybridized carbons (Fsp3) is 0.0909. The minimum Gasteiger partial charge on any atom is -0.497 e. The number of ether oxygens (including phenoxy) is 2. The molecule has 2 amide bonds. The number of carbonyl (C=O) groups excluding carboxylic acids is 2. The molecule has 0 aromatic heterocycles. The van der Waals surface area contributed by atoms with E-state index in [1.807, 2.05) is 0 Å². The van der Waals surface area contributed by atoms with Crippen molar-refractivity contribution in [3.63, 3.8) is 0 Å². The molecule has 0 heterocycles. The summed E-state index contributed by atoms with van der Waals surface area (Å²) in [6, 6.07) is 11.2. The Bertz CT molecular complexity index is 1040. The summed E-state index contributed by atoms with van der Waals surface area (Å²) in [5.41, 5.74) is -2.82. The van der Waals surface area contributed by atoms with Crippen molar-refractivity contribution in [1.82, 2.24) is 0 Å². The van der Waals surface area contributed by atoms with Gasteiger partial charge in [0.25, 0.3) is 11.8 Å². The monoisotopic (exact) mass is 448 g/mol. The first kappa shape index (κ1) is 22.6. The molecule has 3 aromatic rings. The molecule has 6 nitrogen and oxygen atoms in total. The zero-order valence-electron chi connectivity index (χ0n) is 16.8. The summed E-state index contributed by atoms with van der Waals surface area (Å²) >= 11 is 0. The van der Waals surface area contributed by atoms with Gasteiger partial charge in [-0.25, -0.2) is 17.6 Å². The van der Waals surface area contributed by atoms with Crippen molar-refractivity contribution in [2.75, 3.05) is 24.9 Å². The van der Waals surface area contributed by atoms with Crippen LogP contribution in [0.2, 0.25) is 0 Å². The van der Waals surface area contributed by atoms with Gasteiger partial charge in [0, 0.05) is 11.4 Å². The van der Waals surface area contributed by atoms with Crippen molar-refractivity contribution >= 4 is 23.2 Å². The average Bonchev–Trinajstić information content (AvgIpc) is 2.79. The number of methoxy groups -OCH3 is 2.